The fourth-order valence-corrected chi connectivity index (χ4v) is 8.42. The molecule has 0 bridgehead atoms. The molecule has 0 fully saturated rings. The lowest BCUT2D eigenvalue weighted by Crippen LogP contribution is -2.58. The van der Waals surface area contributed by atoms with E-state index >= 15 is 0 Å². The molecule has 8 atom stereocenters. The summed E-state index contributed by atoms with van der Waals surface area (Å²) in [6.07, 6.45) is -0.0452. The number of hydrogen-bond donors (Lipinski definition) is 14. The number of amides is 9. The zero-order valence-electron chi connectivity index (χ0n) is 46.7. The Bertz CT molecular complexity index is 2520. The molecule has 2 aromatic carbocycles. The van der Waals surface area contributed by atoms with E-state index in [0.29, 0.717) is 0 Å². The number of aliphatic carboxylic acids is 1. The predicted molar refractivity (Wildman–Crippen MR) is 298 cm³/mol. The number of benzene rings is 2. The first kappa shape index (κ1) is 65.8. The van der Waals surface area contributed by atoms with Crippen LogP contribution in [0.4, 0.5) is 4.79 Å². The highest BCUT2D eigenvalue weighted by molar-refractivity contribution is 5.97. The lowest BCUT2D eigenvalue weighted by Gasteiger charge is -2.25. The molecule has 1 aliphatic rings. The summed E-state index contributed by atoms with van der Waals surface area (Å²) in [6, 6.07) is 5.90. The van der Waals surface area contributed by atoms with E-state index in [-0.39, 0.29) is 87.9 Å². The van der Waals surface area contributed by atoms with Crippen molar-refractivity contribution in [1.29, 1.82) is 0 Å². The summed E-state index contributed by atoms with van der Waals surface area (Å²) in [4.78, 5) is 139. The van der Waals surface area contributed by atoms with Gasteiger partial charge < -0.3 is 80.6 Å². The van der Waals surface area contributed by atoms with E-state index in [4.69, 9.17) is 27.7 Å². The zero-order chi connectivity index (χ0) is 59.8. The number of fused-ring (bicyclic) bond motifs is 3. The molecular weight excluding hydrogens is 1040 g/mol. The molecule has 0 aromatic heterocycles. The number of carbonyl (C=O) groups is 10. The van der Waals surface area contributed by atoms with Gasteiger partial charge in [0.2, 0.25) is 47.3 Å². The van der Waals surface area contributed by atoms with Crippen LogP contribution in [0.2, 0.25) is 0 Å². The maximum absolute atomic E-state index is 13.6. The van der Waals surface area contributed by atoms with Gasteiger partial charge in [-0.2, -0.15) is 0 Å². The molecule has 9 amide bonds. The quantitative estimate of drug-likeness (QED) is 0.0232. The molecule has 27 heteroatoms. The van der Waals surface area contributed by atoms with Crippen LogP contribution in [0.25, 0.3) is 11.1 Å². The smallest absolute Gasteiger partial charge is 0.407 e. The summed E-state index contributed by atoms with van der Waals surface area (Å²) in [6.45, 7) is 12.2. The highest BCUT2D eigenvalue weighted by atomic mass is 16.5. The summed E-state index contributed by atoms with van der Waals surface area (Å²) >= 11 is 0. The summed E-state index contributed by atoms with van der Waals surface area (Å²) in [7, 11) is 0. The van der Waals surface area contributed by atoms with E-state index in [0.717, 1.165) is 22.3 Å². The van der Waals surface area contributed by atoms with Gasteiger partial charge in [0.15, 0.2) is 11.9 Å². The second kappa shape index (κ2) is 32.4. The predicted octanol–water partition coefficient (Wildman–Crippen LogP) is -1.23. The molecule has 0 heterocycles. The van der Waals surface area contributed by atoms with Crippen LogP contribution in [0.5, 0.6) is 0 Å². The number of hydrogen-bond acceptors (Lipinski definition) is 13. The van der Waals surface area contributed by atoms with Crippen molar-refractivity contribution in [2.45, 2.75) is 148 Å². The van der Waals surface area contributed by atoms with Gasteiger partial charge in [-0.25, -0.2) is 9.59 Å². The molecule has 3 rings (SSSR count). The molecule has 0 aliphatic heterocycles. The SMILES string of the molecule is CC(C)C[C@H](NC(=O)CNC(=O)[C@H](CC(C)C)NC(=O)[C@H](C)NC(=O)[C@H](C)NC(=O)[C@H](C)NC(=O)[C@H](CCCN=C(N)N)NC(=O)OCC1c2ccccc2-c2ccccc21)C(=O)N[C@@H](C)C(=O)N[C@@H](CCCN=C(N)N)C(=O)O. The fourth-order valence-electron chi connectivity index (χ4n) is 8.42. The van der Waals surface area contributed by atoms with Crippen molar-refractivity contribution in [3.8, 4) is 11.1 Å². The minimum atomic E-state index is -1.30. The van der Waals surface area contributed by atoms with Gasteiger partial charge in [0, 0.05) is 19.0 Å². The van der Waals surface area contributed by atoms with Crippen molar-refractivity contribution in [3.63, 3.8) is 0 Å². The van der Waals surface area contributed by atoms with Gasteiger partial charge in [-0.1, -0.05) is 76.2 Å². The second-order valence-corrected chi connectivity index (χ2v) is 20.4. The van der Waals surface area contributed by atoms with Crippen LogP contribution in [-0.4, -0.2) is 151 Å². The molecule has 0 unspecified atom stereocenters. The van der Waals surface area contributed by atoms with Crippen molar-refractivity contribution in [2.75, 3.05) is 26.2 Å². The third-order valence-corrected chi connectivity index (χ3v) is 12.6. The second-order valence-electron chi connectivity index (χ2n) is 20.4. The number of nitrogens with two attached hydrogens (primary N) is 4. The standard InChI is InChI=1S/C53H81N15O12/c1-27(2)23-40(47(74)60-25-42(69)65-41(24-28(3)4)49(76)64-32(8)45(72)66-39(50(77)78)20-14-22-59-52(56)57)67-46(73)31(7)62-43(70)29(5)61-44(71)30(6)63-48(75)38(19-13-21-58-51(54)55)68-53(79)80-26-37-35-17-11-9-15-33(35)34-16-10-12-18-36(34)37/h9-12,15-18,27-32,37-41H,13-14,19-26H2,1-8H3,(H,60,74)(H,61,71)(H,62,70)(H,63,75)(H,64,76)(H,65,69)(H,66,72)(H,67,73)(H,68,79)(H,77,78)(H4,54,55,58)(H4,56,57,59)/t29-,30-,31-,32-,38-,39-,40-,41-/m0/s1. The Morgan fingerprint density at radius 3 is 1.32 bits per heavy atom. The molecule has 440 valence electrons. The number of nitrogens with one attached hydrogen (secondary N) is 9. The van der Waals surface area contributed by atoms with Crippen LogP contribution in [0.15, 0.2) is 58.5 Å². The largest absolute Gasteiger partial charge is 0.480 e. The van der Waals surface area contributed by atoms with Crippen molar-refractivity contribution in [3.05, 3.63) is 59.7 Å². The maximum atomic E-state index is 13.6. The van der Waals surface area contributed by atoms with E-state index in [1.165, 1.54) is 27.7 Å². The number of guanidine groups is 2. The van der Waals surface area contributed by atoms with Gasteiger partial charge in [0.25, 0.3) is 0 Å². The third-order valence-electron chi connectivity index (χ3n) is 12.6. The van der Waals surface area contributed by atoms with Crippen molar-refractivity contribution in [2.24, 2.45) is 44.8 Å². The normalized spacial score (nSPS) is 14.5. The van der Waals surface area contributed by atoms with Crippen molar-refractivity contribution < 1.29 is 57.8 Å². The highest BCUT2D eigenvalue weighted by Crippen LogP contribution is 2.44. The Balaban J connectivity index is 1.54. The molecule has 1 aliphatic carbocycles. The van der Waals surface area contributed by atoms with Crippen LogP contribution >= 0.6 is 0 Å². The van der Waals surface area contributed by atoms with Crippen molar-refractivity contribution in [1.82, 2.24) is 47.9 Å². The Labute approximate surface area is 465 Å². The minimum absolute atomic E-state index is 0.00385. The lowest BCUT2D eigenvalue weighted by atomic mass is 9.98. The number of carboxylic acids is 1. The van der Waals surface area contributed by atoms with E-state index in [1.54, 1.807) is 27.7 Å². The molecule has 0 saturated carbocycles. The molecule has 0 saturated heterocycles. The molecule has 2 aromatic rings. The van der Waals surface area contributed by atoms with E-state index in [9.17, 15) is 53.1 Å². The molecular formula is C53H81N15O12. The van der Waals surface area contributed by atoms with Crippen LogP contribution in [0.3, 0.4) is 0 Å². The third kappa shape index (κ3) is 22.1. The maximum Gasteiger partial charge on any atom is 0.407 e. The van der Waals surface area contributed by atoms with Crippen LogP contribution in [0.1, 0.15) is 111 Å². The van der Waals surface area contributed by atoms with Gasteiger partial charge in [0.1, 0.15) is 54.9 Å². The molecule has 27 nitrogen and oxygen atoms in total. The van der Waals surface area contributed by atoms with Crippen LogP contribution in [0, 0.1) is 11.8 Å². The molecule has 0 spiro atoms. The Kier molecular flexibility index (Phi) is 26.6. The number of alkyl carbamates (subject to hydrolysis) is 1. The number of carbonyl (C=O) groups excluding carboxylic acids is 9. The number of rotatable bonds is 32. The summed E-state index contributed by atoms with van der Waals surface area (Å²) in [5.41, 5.74) is 25.6. The zero-order valence-corrected chi connectivity index (χ0v) is 46.7. The van der Waals surface area contributed by atoms with Gasteiger partial charge in [-0.3, -0.25) is 48.3 Å². The van der Waals surface area contributed by atoms with Gasteiger partial charge >= 0.3 is 12.1 Å². The van der Waals surface area contributed by atoms with Crippen LogP contribution < -0.4 is 70.8 Å². The first-order chi connectivity index (χ1) is 37.7. The lowest BCUT2D eigenvalue weighted by molar-refractivity contribution is -0.142. The summed E-state index contributed by atoms with van der Waals surface area (Å²) < 4.78 is 5.66. The van der Waals surface area contributed by atoms with Crippen LogP contribution in [-0.2, 0) is 47.9 Å². The van der Waals surface area contributed by atoms with Gasteiger partial charge in [0.05, 0.1) is 6.54 Å². The number of ether oxygens (including phenoxy) is 1. The molecule has 80 heavy (non-hydrogen) atoms. The highest BCUT2D eigenvalue weighted by Gasteiger charge is 2.33. The van der Waals surface area contributed by atoms with Gasteiger partial charge in [-0.05, 0) is 100 Å². The number of aliphatic imine (C=N–C) groups is 2. The molecule has 18 N–H and O–H groups in total. The topological polar surface area (TPSA) is 437 Å². The van der Waals surface area contributed by atoms with Gasteiger partial charge in [-0.15, -0.1) is 0 Å². The Hall–Kier alpha value is -8.52. The Morgan fingerprint density at radius 2 is 0.887 bits per heavy atom. The van der Waals surface area contributed by atoms with E-state index in [1.807, 2.05) is 48.5 Å². The first-order valence-corrected chi connectivity index (χ1v) is 26.5. The number of carboxylic acid groups (broad SMARTS) is 1. The van der Waals surface area contributed by atoms with Crippen molar-refractivity contribution >= 4 is 71.2 Å². The van der Waals surface area contributed by atoms with E-state index in [2.05, 4.69) is 57.8 Å². The molecule has 0 radical (unpaired) electrons. The summed E-state index contributed by atoms with van der Waals surface area (Å²) in [5, 5.41) is 32.2. The first-order valence-electron chi connectivity index (χ1n) is 26.5. The average molecular weight is 1120 g/mol. The monoisotopic (exact) mass is 1120 g/mol. The number of nitrogens with zero attached hydrogens (tertiary/aromatic N) is 2. The minimum Gasteiger partial charge on any atom is -0.480 e. The summed E-state index contributed by atoms with van der Waals surface area (Å²) in [5.74, 6) is -8.24. The fraction of sp³-hybridized carbons (Fsp3) is 0.547. The van der Waals surface area contributed by atoms with E-state index < -0.39 is 114 Å². The average Bonchev–Trinajstić information content (AvgIpc) is 3.73. The Morgan fingerprint density at radius 1 is 0.500 bits per heavy atom.